The van der Waals surface area contributed by atoms with Crippen molar-refractivity contribution in [3.8, 4) is 56.7 Å². The molecule has 0 atom stereocenters. The number of nitrogens with zero attached hydrogens (tertiary/aromatic N) is 5. The van der Waals surface area contributed by atoms with E-state index in [9.17, 15) is 0 Å². The maximum atomic E-state index is 4.97. The van der Waals surface area contributed by atoms with Crippen LogP contribution in [0.1, 0.15) is 0 Å². The molecule has 3 heterocycles. The fraction of sp³-hybridized carbons (Fsp3) is 0. The van der Waals surface area contributed by atoms with Crippen LogP contribution in [0.2, 0.25) is 0 Å². The van der Waals surface area contributed by atoms with Crippen LogP contribution < -0.4 is 0 Å². The Morgan fingerprint density at radius 3 is 1.16 bits per heavy atom. The number of para-hydroxylation sites is 4. The summed E-state index contributed by atoms with van der Waals surface area (Å²) in [5.41, 5.74) is 12.1. The zero-order chi connectivity index (χ0) is 37.0. The van der Waals surface area contributed by atoms with Gasteiger partial charge < -0.3 is 9.13 Å². The molecule has 0 spiro atoms. The van der Waals surface area contributed by atoms with Gasteiger partial charge in [0, 0.05) is 55.2 Å². The van der Waals surface area contributed by atoms with E-state index in [1.54, 1.807) is 0 Å². The monoisotopic (exact) mass is 715 g/mol. The summed E-state index contributed by atoms with van der Waals surface area (Å²) in [6.45, 7) is 0. The first-order valence-corrected chi connectivity index (χ1v) is 18.9. The Bertz CT molecular complexity index is 3100. The van der Waals surface area contributed by atoms with Crippen molar-refractivity contribution < 1.29 is 0 Å². The molecule has 0 radical (unpaired) electrons. The van der Waals surface area contributed by atoms with E-state index in [-0.39, 0.29) is 0 Å². The predicted octanol–water partition coefficient (Wildman–Crippen LogP) is 12.7. The molecule has 0 saturated carbocycles. The lowest BCUT2D eigenvalue weighted by Gasteiger charge is -2.14. The highest BCUT2D eigenvalue weighted by molar-refractivity contribution is 6.14. The van der Waals surface area contributed by atoms with Crippen molar-refractivity contribution in [3.05, 3.63) is 200 Å². The number of hydrogen-bond acceptors (Lipinski definition) is 3. The van der Waals surface area contributed by atoms with Gasteiger partial charge in [-0.05, 0) is 60.2 Å². The molecule has 0 amide bonds. The van der Waals surface area contributed by atoms with E-state index >= 15 is 0 Å². The van der Waals surface area contributed by atoms with Gasteiger partial charge >= 0.3 is 0 Å². The van der Waals surface area contributed by atoms with Gasteiger partial charge in [-0.15, -0.1) is 0 Å². The first kappa shape index (κ1) is 31.9. The van der Waals surface area contributed by atoms with Crippen molar-refractivity contribution in [3.63, 3.8) is 0 Å². The summed E-state index contributed by atoms with van der Waals surface area (Å²) in [6, 6.07) is 70.4. The largest absolute Gasteiger partial charge is 0.309 e. The second-order valence-electron chi connectivity index (χ2n) is 14.1. The maximum absolute atomic E-state index is 4.97. The molecule has 0 aliphatic rings. The number of hydrogen-bond donors (Lipinski definition) is 0. The first-order chi connectivity index (χ1) is 27.8. The maximum Gasteiger partial charge on any atom is 0.164 e. The zero-order valence-electron chi connectivity index (χ0n) is 30.3. The third-order valence-corrected chi connectivity index (χ3v) is 10.8. The van der Waals surface area contributed by atoms with Crippen LogP contribution in [0.25, 0.3) is 100 Å². The summed E-state index contributed by atoms with van der Waals surface area (Å²) in [5, 5.41) is 4.95. The lowest BCUT2D eigenvalue weighted by molar-refractivity contribution is 1.07. The molecular weight excluding hydrogens is 683 g/mol. The molecule has 11 aromatic rings. The van der Waals surface area contributed by atoms with Crippen LogP contribution in [0.5, 0.6) is 0 Å². The molecule has 3 aromatic heterocycles. The van der Waals surface area contributed by atoms with E-state index < -0.39 is 0 Å². The molecule has 0 unspecified atom stereocenters. The van der Waals surface area contributed by atoms with Crippen molar-refractivity contribution in [1.82, 2.24) is 24.1 Å². The Kier molecular flexibility index (Phi) is 7.42. The van der Waals surface area contributed by atoms with Gasteiger partial charge in [-0.3, -0.25) is 0 Å². The molecule has 8 aromatic carbocycles. The van der Waals surface area contributed by atoms with Crippen LogP contribution in [0.4, 0.5) is 0 Å². The van der Waals surface area contributed by atoms with Gasteiger partial charge in [0.1, 0.15) is 0 Å². The average molecular weight is 716 g/mol. The van der Waals surface area contributed by atoms with E-state index in [1.807, 2.05) is 60.7 Å². The third-order valence-electron chi connectivity index (χ3n) is 10.8. The fourth-order valence-corrected chi connectivity index (χ4v) is 8.21. The highest BCUT2D eigenvalue weighted by atomic mass is 15.0. The van der Waals surface area contributed by atoms with Gasteiger partial charge in [0.25, 0.3) is 0 Å². The van der Waals surface area contributed by atoms with Crippen LogP contribution in [0.15, 0.2) is 200 Å². The molecule has 5 heteroatoms. The molecular formula is C51H33N5. The summed E-state index contributed by atoms with van der Waals surface area (Å²) in [4.78, 5) is 14.8. The molecule has 0 aliphatic carbocycles. The van der Waals surface area contributed by atoms with E-state index in [0.29, 0.717) is 17.5 Å². The first-order valence-electron chi connectivity index (χ1n) is 18.9. The topological polar surface area (TPSA) is 48.5 Å². The van der Waals surface area contributed by atoms with Crippen molar-refractivity contribution in [2.24, 2.45) is 0 Å². The van der Waals surface area contributed by atoms with Crippen molar-refractivity contribution in [2.75, 3.05) is 0 Å². The summed E-state index contributed by atoms with van der Waals surface area (Å²) in [7, 11) is 0. The average Bonchev–Trinajstić information content (AvgIpc) is 3.80. The number of aromatic nitrogens is 5. The minimum absolute atomic E-state index is 0.635. The quantitative estimate of drug-likeness (QED) is 0.172. The second kappa shape index (κ2) is 13.0. The van der Waals surface area contributed by atoms with Crippen molar-refractivity contribution in [1.29, 1.82) is 0 Å². The van der Waals surface area contributed by atoms with Gasteiger partial charge in [-0.2, -0.15) is 0 Å². The lowest BCUT2D eigenvalue weighted by atomic mass is 10.0. The van der Waals surface area contributed by atoms with Gasteiger partial charge in [0.2, 0.25) is 0 Å². The highest BCUT2D eigenvalue weighted by Gasteiger charge is 2.18. The van der Waals surface area contributed by atoms with Gasteiger partial charge in [-0.1, -0.05) is 146 Å². The van der Waals surface area contributed by atoms with Gasteiger partial charge in [-0.25, -0.2) is 15.0 Å². The molecule has 0 aliphatic heterocycles. The Morgan fingerprint density at radius 2 is 0.643 bits per heavy atom. The Balaban J connectivity index is 1.04. The number of benzene rings is 8. The van der Waals surface area contributed by atoms with Crippen molar-refractivity contribution >= 4 is 43.6 Å². The number of rotatable bonds is 6. The van der Waals surface area contributed by atoms with Crippen LogP contribution >= 0.6 is 0 Å². The van der Waals surface area contributed by atoms with Crippen LogP contribution in [0, 0.1) is 0 Å². The minimum Gasteiger partial charge on any atom is -0.309 e. The lowest BCUT2D eigenvalue weighted by Crippen LogP contribution is -2.00. The Hall–Kier alpha value is -7.63. The molecule has 0 fully saturated rings. The smallest absolute Gasteiger partial charge is 0.164 e. The van der Waals surface area contributed by atoms with Gasteiger partial charge in [0.15, 0.2) is 17.5 Å². The van der Waals surface area contributed by atoms with E-state index in [4.69, 9.17) is 15.0 Å². The molecule has 56 heavy (non-hydrogen) atoms. The molecule has 0 saturated heterocycles. The molecule has 5 nitrogen and oxygen atoms in total. The SMILES string of the molecule is c1ccc(-c2nc(-c3ccccc3)nc(-c3ccc(-n4c5ccccc5c5cccc(-c6ccc(-n7c8ccccc8c8ccccc87)cc6)c54)cc3)n2)cc1. The number of fused-ring (bicyclic) bond motifs is 6. The predicted molar refractivity (Wildman–Crippen MR) is 230 cm³/mol. The third kappa shape index (κ3) is 5.21. The molecule has 0 N–H and O–H groups in total. The summed E-state index contributed by atoms with van der Waals surface area (Å²) in [6.07, 6.45) is 0. The molecule has 0 bridgehead atoms. The van der Waals surface area contributed by atoms with E-state index in [1.165, 1.54) is 43.7 Å². The standard InChI is InChI=1S/C51H33N5/c1-3-14-35(15-4-1)49-52-50(36-16-5-2-6-17-36)54-51(53-49)37-28-32-39(33-29-37)56-47-25-12-9-20-43(47)44-22-13-21-40(48(44)56)34-26-30-38(31-27-34)55-45-23-10-7-18-41(45)42-19-8-11-24-46(42)55/h1-33H. The second-order valence-corrected chi connectivity index (χ2v) is 14.1. The highest BCUT2D eigenvalue weighted by Crippen LogP contribution is 2.39. The van der Waals surface area contributed by atoms with Crippen LogP contribution in [-0.2, 0) is 0 Å². The molecule has 262 valence electrons. The summed E-state index contributed by atoms with van der Waals surface area (Å²) < 4.78 is 4.76. The normalized spacial score (nSPS) is 11.6. The fourth-order valence-electron chi connectivity index (χ4n) is 8.21. The van der Waals surface area contributed by atoms with Crippen molar-refractivity contribution in [2.45, 2.75) is 0 Å². The summed E-state index contributed by atoms with van der Waals surface area (Å²) >= 11 is 0. The summed E-state index contributed by atoms with van der Waals surface area (Å²) in [5.74, 6) is 1.93. The van der Waals surface area contributed by atoms with Gasteiger partial charge in [0.05, 0.1) is 22.1 Å². The van der Waals surface area contributed by atoms with E-state index in [0.717, 1.165) is 39.1 Å². The van der Waals surface area contributed by atoms with Crippen LogP contribution in [0.3, 0.4) is 0 Å². The molecule has 11 rings (SSSR count). The van der Waals surface area contributed by atoms with Crippen LogP contribution in [-0.4, -0.2) is 24.1 Å². The minimum atomic E-state index is 0.635. The zero-order valence-corrected chi connectivity index (χ0v) is 30.3. The van der Waals surface area contributed by atoms with E-state index in [2.05, 4.69) is 149 Å². The Morgan fingerprint density at radius 1 is 0.268 bits per heavy atom. The Labute approximate surface area is 323 Å².